The van der Waals surface area contributed by atoms with Gasteiger partial charge in [0.05, 0.1) is 0 Å². The van der Waals surface area contributed by atoms with Crippen molar-refractivity contribution in [1.82, 2.24) is 0 Å². The smallest absolute Gasteiger partial charge is 0.0294 e. The van der Waals surface area contributed by atoms with Crippen LogP contribution in [0.3, 0.4) is 0 Å². The molecule has 1 rings (SSSR count). The van der Waals surface area contributed by atoms with Crippen LogP contribution in [0.2, 0.25) is 0 Å². The normalized spacial score (nSPS) is 12.9. The average molecular weight is 163 g/mol. The fraction of sp³-hybridized carbons (Fsp3) is 0.455. The van der Waals surface area contributed by atoms with Crippen molar-refractivity contribution in [3.05, 3.63) is 35.4 Å². The van der Waals surface area contributed by atoms with E-state index in [1.54, 1.807) is 0 Å². The maximum atomic E-state index is 5.97. The fourth-order valence-corrected chi connectivity index (χ4v) is 1.38. The van der Waals surface area contributed by atoms with Gasteiger partial charge < -0.3 is 5.73 Å². The molecule has 12 heavy (non-hydrogen) atoms. The lowest BCUT2D eigenvalue weighted by Gasteiger charge is -2.10. The summed E-state index contributed by atoms with van der Waals surface area (Å²) in [5, 5.41) is 0. The van der Waals surface area contributed by atoms with Crippen LogP contribution in [0.4, 0.5) is 0 Å². The molecule has 0 fully saturated rings. The van der Waals surface area contributed by atoms with Gasteiger partial charge in [-0.15, -0.1) is 0 Å². The van der Waals surface area contributed by atoms with Crippen molar-refractivity contribution in [3.8, 4) is 0 Å². The van der Waals surface area contributed by atoms with Gasteiger partial charge in [0, 0.05) is 6.04 Å². The van der Waals surface area contributed by atoms with Gasteiger partial charge in [-0.2, -0.15) is 0 Å². The largest absolute Gasteiger partial charge is 0.324 e. The molecular formula is C11H17N. The van der Waals surface area contributed by atoms with Gasteiger partial charge in [0.2, 0.25) is 0 Å². The molecule has 0 radical (unpaired) electrons. The number of hydrogen-bond acceptors (Lipinski definition) is 1. The highest BCUT2D eigenvalue weighted by atomic mass is 14.6. The van der Waals surface area contributed by atoms with Crippen LogP contribution in [0.5, 0.6) is 0 Å². The lowest BCUT2D eigenvalue weighted by Crippen LogP contribution is -2.09. The second-order valence-electron chi connectivity index (χ2n) is 3.31. The van der Waals surface area contributed by atoms with Crippen LogP contribution in [-0.4, -0.2) is 0 Å². The van der Waals surface area contributed by atoms with Crippen molar-refractivity contribution in [1.29, 1.82) is 0 Å². The maximum absolute atomic E-state index is 5.97. The summed E-state index contributed by atoms with van der Waals surface area (Å²) in [4.78, 5) is 0. The molecule has 0 spiro atoms. The van der Waals surface area contributed by atoms with Gasteiger partial charge >= 0.3 is 0 Å². The summed E-state index contributed by atoms with van der Waals surface area (Å²) in [5.74, 6) is 0. The van der Waals surface area contributed by atoms with Crippen LogP contribution in [0.15, 0.2) is 24.3 Å². The van der Waals surface area contributed by atoms with Crippen molar-refractivity contribution in [2.75, 3.05) is 0 Å². The molecule has 0 aliphatic rings. The standard InChI is InChI=1S/C11H17N/c1-3-5-11(12)10-7-4-6-9(2)8-10/h4,6-8,11H,3,5,12H2,1-2H3/t11-/m0/s1. The number of aryl methyl sites for hydroxylation is 1. The van der Waals surface area contributed by atoms with Crippen LogP contribution in [0, 0.1) is 6.92 Å². The third kappa shape index (κ3) is 2.35. The molecule has 0 saturated carbocycles. The molecular weight excluding hydrogens is 146 g/mol. The van der Waals surface area contributed by atoms with E-state index in [4.69, 9.17) is 5.73 Å². The predicted molar refractivity (Wildman–Crippen MR) is 53.0 cm³/mol. The van der Waals surface area contributed by atoms with E-state index in [1.165, 1.54) is 11.1 Å². The summed E-state index contributed by atoms with van der Waals surface area (Å²) in [6.45, 7) is 4.26. The number of nitrogens with two attached hydrogens (primary N) is 1. The Kier molecular flexibility index (Phi) is 3.30. The summed E-state index contributed by atoms with van der Waals surface area (Å²) < 4.78 is 0. The third-order valence-corrected chi connectivity index (χ3v) is 2.07. The Morgan fingerprint density at radius 2 is 2.17 bits per heavy atom. The highest BCUT2D eigenvalue weighted by molar-refractivity contribution is 5.24. The van der Waals surface area contributed by atoms with Gasteiger partial charge in [-0.05, 0) is 18.9 Å². The van der Waals surface area contributed by atoms with Crippen LogP contribution < -0.4 is 5.73 Å². The highest BCUT2D eigenvalue weighted by Crippen LogP contribution is 2.16. The zero-order valence-electron chi connectivity index (χ0n) is 7.88. The minimum Gasteiger partial charge on any atom is -0.324 e. The van der Waals surface area contributed by atoms with Crippen molar-refractivity contribution >= 4 is 0 Å². The van der Waals surface area contributed by atoms with E-state index in [-0.39, 0.29) is 6.04 Å². The van der Waals surface area contributed by atoms with Gasteiger partial charge in [-0.25, -0.2) is 0 Å². The molecule has 0 heterocycles. The van der Waals surface area contributed by atoms with E-state index in [2.05, 4.69) is 38.1 Å². The first-order valence-electron chi connectivity index (χ1n) is 4.56. The summed E-state index contributed by atoms with van der Waals surface area (Å²) in [6, 6.07) is 8.66. The lowest BCUT2D eigenvalue weighted by atomic mass is 10.0. The van der Waals surface area contributed by atoms with Crippen molar-refractivity contribution < 1.29 is 0 Å². The lowest BCUT2D eigenvalue weighted by molar-refractivity contribution is 0.638. The van der Waals surface area contributed by atoms with E-state index in [9.17, 15) is 0 Å². The average Bonchev–Trinajstić information content (AvgIpc) is 2.05. The minimum absolute atomic E-state index is 0.217. The van der Waals surface area contributed by atoms with E-state index in [1.807, 2.05) is 0 Å². The van der Waals surface area contributed by atoms with E-state index in [0.29, 0.717) is 0 Å². The van der Waals surface area contributed by atoms with E-state index < -0.39 is 0 Å². The van der Waals surface area contributed by atoms with E-state index in [0.717, 1.165) is 12.8 Å². The van der Waals surface area contributed by atoms with Crippen LogP contribution in [-0.2, 0) is 0 Å². The van der Waals surface area contributed by atoms with Crippen molar-refractivity contribution in [2.24, 2.45) is 5.73 Å². The second kappa shape index (κ2) is 4.27. The first-order chi connectivity index (χ1) is 5.74. The molecule has 0 saturated heterocycles. The Hall–Kier alpha value is -0.820. The molecule has 0 unspecified atom stereocenters. The first-order valence-corrected chi connectivity index (χ1v) is 4.56. The number of benzene rings is 1. The zero-order valence-corrected chi connectivity index (χ0v) is 7.88. The van der Waals surface area contributed by atoms with Crippen LogP contribution >= 0.6 is 0 Å². The quantitative estimate of drug-likeness (QED) is 0.728. The Morgan fingerprint density at radius 3 is 2.75 bits per heavy atom. The molecule has 1 heteroatoms. The Morgan fingerprint density at radius 1 is 1.42 bits per heavy atom. The summed E-state index contributed by atoms with van der Waals surface area (Å²) >= 11 is 0. The molecule has 66 valence electrons. The molecule has 1 aromatic rings. The second-order valence-corrected chi connectivity index (χ2v) is 3.31. The Bertz CT molecular complexity index is 243. The fourth-order valence-electron chi connectivity index (χ4n) is 1.38. The summed E-state index contributed by atoms with van der Waals surface area (Å²) in [5.41, 5.74) is 8.53. The molecule has 0 amide bonds. The Balaban J connectivity index is 2.73. The SMILES string of the molecule is CCC[C@H](N)c1cccc(C)c1. The number of rotatable bonds is 3. The van der Waals surface area contributed by atoms with Gasteiger partial charge in [-0.1, -0.05) is 43.2 Å². The van der Waals surface area contributed by atoms with Gasteiger partial charge in [-0.3, -0.25) is 0 Å². The maximum Gasteiger partial charge on any atom is 0.0294 e. The molecule has 0 aliphatic heterocycles. The van der Waals surface area contributed by atoms with Crippen LogP contribution in [0.1, 0.15) is 36.9 Å². The summed E-state index contributed by atoms with van der Waals surface area (Å²) in [7, 11) is 0. The molecule has 0 aromatic heterocycles. The minimum atomic E-state index is 0.217. The molecule has 1 nitrogen and oxygen atoms in total. The topological polar surface area (TPSA) is 26.0 Å². The summed E-state index contributed by atoms with van der Waals surface area (Å²) in [6.07, 6.45) is 2.22. The third-order valence-electron chi connectivity index (χ3n) is 2.07. The molecule has 0 aliphatic carbocycles. The Labute approximate surface area is 74.6 Å². The molecule has 0 bridgehead atoms. The molecule has 1 aromatic carbocycles. The van der Waals surface area contributed by atoms with E-state index >= 15 is 0 Å². The van der Waals surface area contributed by atoms with Crippen molar-refractivity contribution in [2.45, 2.75) is 32.7 Å². The monoisotopic (exact) mass is 163 g/mol. The number of hydrogen-bond donors (Lipinski definition) is 1. The van der Waals surface area contributed by atoms with Gasteiger partial charge in [0.1, 0.15) is 0 Å². The zero-order chi connectivity index (χ0) is 8.97. The first kappa shape index (κ1) is 9.27. The highest BCUT2D eigenvalue weighted by Gasteiger charge is 2.03. The van der Waals surface area contributed by atoms with Gasteiger partial charge in [0.25, 0.3) is 0 Å². The molecule has 2 N–H and O–H groups in total. The molecule has 1 atom stereocenters. The van der Waals surface area contributed by atoms with Crippen LogP contribution in [0.25, 0.3) is 0 Å². The van der Waals surface area contributed by atoms with Gasteiger partial charge in [0.15, 0.2) is 0 Å². The van der Waals surface area contributed by atoms with Crippen molar-refractivity contribution in [3.63, 3.8) is 0 Å². The predicted octanol–water partition coefficient (Wildman–Crippen LogP) is 2.79.